The van der Waals surface area contributed by atoms with Gasteiger partial charge in [-0.15, -0.1) is 0 Å². The fourth-order valence-electron chi connectivity index (χ4n) is 4.97. The zero-order valence-electron chi connectivity index (χ0n) is 27.0. The average molecular weight is 632 g/mol. The van der Waals surface area contributed by atoms with Gasteiger partial charge in [0.25, 0.3) is 0 Å². The van der Waals surface area contributed by atoms with Crippen LogP contribution in [0.25, 0.3) is 22.4 Å². The summed E-state index contributed by atoms with van der Waals surface area (Å²) in [5, 5.41) is 9.75. The Bertz CT molecular complexity index is 1730. The Morgan fingerprint density at radius 2 is 1.71 bits per heavy atom. The molecule has 13 heteroatoms. The molecule has 0 saturated carbocycles. The van der Waals surface area contributed by atoms with Crippen molar-refractivity contribution in [3.05, 3.63) is 64.9 Å². The molecule has 236 valence electrons. The molecule has 2 amide bonds. The predicted molar refractivity (Wildman–Crippen MR) is 171 cm³/mol. The van der Waals surface area contributed by atoms with Gasteiger partial charge < -0.3 is 14.2 Å². The Labute approximate surface area is 266 Å². The summed E-state index contributed by atoms with van der Waals surface area (Å²) >= 11 is 1.19. The fraction of sp³-hybridized carbons (Fsp3) is 0.406. The molecule has 0 saturated heterocycles. The van der Waals surface area contributed by atoms with Gasteiger partial charge in [0, 0.05) is 46.6 Å². The Morgan fingerprint density at radius 3 is 2.31 bits per heavy atom. The molecule has 4 heterocycles. The van der Waals surface area contributed by atoms with Gasteiger partial charge in [0.1, 0.15) is 29.2 Å². The molecule has 2 aliphatic heterocycles. The van der Waals surface area contributed by atoms with Crippen LogP contribution in [0.1, 0.15) is 69.6 Å². The molecular weight excluding hydrogens is 594 g/mol. The van der Waals surface area contributed by atoms with Crippen molar-refractivity contribution in [1.82, 2.24) is 29.9 Å². The molecule has 2 aromatic rings. The van der Waals surface area contributed by atoms with Gasteiger partial charge in [-0.3, -0.25) is 9.97 Å². The first-order chi connectivity index (χ1) is 21.2. The van der Waals surface area contributed by atoms with E-state index in [0.29, 0.717) is 22.7 Å². The van der Waals surface area contributed by atoms with Crippen molar-refractivity contribution < 1.29 is 23.8 Å². The van der Waals surface area contributed by atoms with Gasteiger partial charge >= 0.3 is 12.2 Å². The standard InChI is InChI=1S/C32H37N7O5S/c1-18-14-34-24(19(2)27(18)42-9)16-38-35-23-13-21(20-11-10-12-33-15-20)22-17-45-37-28(26(36-38)25(22)23)39(29(40)43-31(3,4)5)30(41)44-32(6,7)8/h10-15H,16-17H2,1-9H3. The van der Waals surface area contributed by atoms with E-state index >= 15 is 0 Å². The second-order valence-electron chi connectivity index (χ2n) is 12.6. The Morgan fingerprint density at radius 1 is 1.02 bits per heavy atom. The van der Waals surface area contributed by atoms with E-state index in [0.717, 1.165) is 38.5 Å². The number of amidine groups is 1. The van der Waals surface area contributed by atoms with Gasteiger partial charge in [-0.2, -0.15) is 24.3 Å². The van der Waals surface area contributed by atoms with Gasteiger partial charge in [-0.25, -0.2) is 9.59 Å². The summed E-state index contributed by atoms with van der Waals surface area (Å²) in [6, 6.07) is 5.80. The highest BCUT2D eigenvalue weighted by Gasteiger charge is 2.40. The minimum absolute atomic E-state index is 0.0158. The van der Waals surface area contributed by atoms with E-state index in [9.17, 15) is 9.59 Å². The van der Waals surface area contributed by atoms with Crippen LogP contribution < -0.4 is 4.74 Å². The Balaban J connectivity index is 1.73. The number of methoxy groups -OCH3 is 1. The number of hydrogen-bond donors (Lipinski definition) is 0. The number of ether oxygens (including phenoxy) is 3. The number of aryl methyl sites for hydroxylation is 1. The van der Waals surface area contributed by atoms with E-state index in [2.05, 4.69) is 14.4 Å². The molecule has 0 aromatic carbocycles. The van der Waals surface area contributed by atoms with Crippen LogP contribution in [0.3, 0.4) is 0 Å². The number of pyridine rings is 2. The van der Waals surface area contributed by atoms with Gasteiger partial charge in [0.2, 0.25) is 0 Å². The quantitative estimate of drug-likeness (QED) is 0.227. The highest BCUT2D eigenvalue weighted by Crippen LogP contribution is 2.43. The number of rotatable bonds is 4. The Kier molecular flexibility index (Phi) is 8.58. The average Bonchev–Trinajstić information content (AvgIpc) is 3.20. The molecule has 0 unspecified atom stereocenters. The first-order valence-electron chi connectivity index (χ1n) is 14.4. The van der Waals surface area contributed by atoms with E-state index in [-0.39, 0.29) is 18.1 Å². The number of hydrogen-bond acceptors (Lipinski definition) is 11. The van der Waals surface area contributed by atoms with E-state index in [1.807, 2.05) is 32.0 Å². The smallest absolute Gasteiger partial charge is 0.425 e. The van der Waals surface area contributed by atoms with Crippen LogP contribution in [-0.2, 0) is 21.8 Å². The lowest BCUT2D eigenvalue weighted by molar-refractivity contribution is 0.0148. The zero-order valence-corrected chi connectivity index (χ0v) is 27.8. The first-order valence-corrected chi connectivity index (χ1v) is 15.4. The van der Waals surface area contributed by atoms with E-state index < -0.39 is 23.4 Å². The highest BCUT2D eigenvalue weighted by atomic mass is 32.2. The van der Waals surface area contributed by atoms with Crippen LogP contribution >= 0.6 is 11.9 Å². The van der Waals surface area contributed by atoms with Crippen molar-refractivity contribution in [2.75, 3.05) is 7.11 Å². The van der Waals surface area contributed by atoms with Crippen molar-refractivity contribution >= 4 is 30.0 Å². The lowest BCUT2D eigenvalue weighted by Crippen LogP contribution is -2.47. The second kappa shape index (κ2) is 12.1. The Hall–Kier alpha value is -4.52. The van der Waals surface area contributed by atoms with E-state index in [4.69, 9.17) is 24.4 Å². The minimum atomic E-state index is -0.933. The SMILES string of the molecule is COc1c(C)cnc(Cn2nc3cc(-c4cccnc4)c4c-3c(n2)C(N(C(=O)OC(C)(C)C)C(=O)OC(C)(C)C)=NSC4)c1C. The molecule has 45 heavy (non-hydrogen) atoms. The molecule has 0 radical (unpaired) electrons. The van der Waals surface area contributed by atoms with Crippen molar-refractivity contribution in [3.63, 3.8) is 0 Å². The fourth-order valence-corrected chi connectivity index (χ4v) is 5.76. The first kappa shape index (κ1) is 31.9. The number of nitrogens with zero attached hydrogens (tertiary/aromatic N) is 7. The van der Waals surface area contributed by atoms with Crippen molar-refractivity contribution in [2.24, 2.45) is 4.40 Å². The van der Waals surface area contributed by atoms with Crippen molar-refractivity contribution in [3.8, 4) is 28.1 Å². The third-order valence-corrected chi connectivity index (χ3v) is 7.51. The maximum atomic E-state index is 13.7. The van der Waals surface area contributed by atoms with Crippen LogP contribution in [0.5, 0.6) is 5.75 Å². The molecule has 12 nitrogen and oxygen atoms in total. The summed E-state index contributed by atoms with van der Waals surface area (Å²) in [7, 11) is 1.62. The topological polar surface area (TPSA) is 134 Å². The monoisotopic (exact) mass is 631 g/mol. The molecule has 0 bridgehead atoms. The summed E-state index contributed by atoms with van der Waals surface area (Å²) in [6.45, 7) is 14.4. The third-order valence-electron chi connectivity index (χ3n) is 6.79. The molecule has 1 aliphatic carbocycles. The van der Waals surface area contributed by atoms with Gasteiger partial charge in [-0.1, -0.05) is 6.07 Å². The third kappa shape index (κ3) is 6.77. The summed E-state index contributed by atoms with van der Waals surface area (Å²) in [5.74, 6) is 1.15. The van der Waals surface area contributed by atoms with Crippen LogP contribution in [0.2, 0.25) is 0 Å². The summed E-state index contributed by atoms with van der Waals surface area (Å²) in [6.07, 6.45) is 3.37. The van der Waals surface area contributed by atoms with E-state index in [1.54, 1.807) is 67.2 Å². The highest BCUT2D eigenvalue weighted by molar-refractivity contribution is 7.97. The number of imide groups is 1. The number of aromatic nitrogens is 5. The molecule has 3 aliphatic rings. The lowest BCUT2D eigenvalue weighted by Gasteiger charge is -2.29. The second-order valence-corrected chi connectivity index (χ2v) is 13.4. The molecule has 0 spiro atoms. The van der Waals surface area contributed by atoms with Gasteiger partial charge in [0.05, 0.1) is 18.5 Å². The molecule has 0 N–H and O–H groups in total. The summed E-state index contributed by atoms with van der Waals surface area (Å²) in [4.78, 5) is 38.7. The van der Waals surface area contributed by atoms with Gasteiger partial charge in [-0.05, 0) is 90.6 Å². The molecular formula is C32H37N7O5S. The predicted octanol–water partition coefficient (Wildman–Crippen LogP) is 6.59. The lowest BCUT2D eigenvalue weighted by atomic mass is 10.0. The van der Waals surface area contributed by atoms with Crippen molar-refractivity contribution in [1.29, 1.82) is 0 Å². The largest absolute Gasteiger partial charge is 0.496 e. The van der Waals surface area contributed by atoms with Crippen LogP contribution in [0.15, 0.2) is 41.2 Å². The van der Waals surface area contributed by atoms with Crippen LogP contribution in [0.4, 0.5) is 9.59 Å². The summed E-state index contributed by atoms with van der Waals surface area (Å²) in [5.41, 5.74) is 4.92. The maximum absolute atomic E-state index is 13.7. The number of amides is 2. The molecule has 0 fully saturated rings. The minimum Gasteiger partial charge on any atom is -0.496 e. The maximum Gasteiger partial charge on any atom is 0.425 e. The molecule has 0 atom stereocenters. The number of carbonyl (C=O) groups is 2. The normalized spacial score (nSPS) is 13.2. The summed E-state index contributed by atoms with van der Waals surface area (Å²) < 4.78 is 21.7. The zero-order chi connectivity index (χ0) is 32.7. The van der Waals surface area contributed by atoms with E-state index in [1.165, 1.54) is 16.7 Å². The van der Waals surface area contributed by atoms with Crippen molar-refractivity contribution in [2.45, 2.75) is 78.9 Å². The molecule has 2 aromatic heterocycles. The van der Waals surface area contributed by atoms with Gasteiger partial charge in [0.15, 0.2) is 5.84 Å². The van der Waals surface area contributed by atoms with Crippen LogP contribution in [0, 0.1) is 13.8 Å². The molecule has 5 rings (SSSR count). The number of carbonyl (C=O) groups excluding carboxylic acids is 2. The van der Waals surface area contributed by atoms with Crippen LogP contribution in [-0.4, -0.2) is 66.2 Å².